The standard InChI is InChI=1S/C24H25NO8/c1-6-31-19-11-15(10-17(14-25)23(26)32-7-2)8-9-18(19)33-24(27)16-12-20(28-3)22(30-5)21(13-16)29-4/h8-13H,6-7H2,1-5H3. The Morgan fingerprint density at radius 2 is 1.58 bits per heavy atom. The predicted octanol–water partition coefficient (Wildman–Crippen LogP) is 3.80. The van der Waals surface area contributed by atoms with Gasteiger partial charge in [-0.2, -0.15) is 5.26 Å². The van der Waals surface area contributed by atoms with Crippen LogP contribution in [0.2, 0.25) is 0 Å². The summed E-state index contributed by atoms with van der Waals surface area (Å²) in [6.07, 6.45) is 1.37. The van der Waals surface area contributed by atoms with E-state index >= 15 is 0 Å². The summed E-state index contributed by atoms with van der Waals surface area (Å²) in [5.74, 6) is -0.0404. The summed E-state index contributed by atoms with van der Waals surface area (Å²) in [5, 5.41) is 9.23. The molecular formula is C24H25NO8. The van der Waals surface area contributed by atoms with Gasteiger partial charge in [-0.3, -0.25) is 0 Å². The third-order valence-electron chi connectivity index (χ3n) is 4.30. The van der Waals surface area contributed by atoms with Crippen molar-refractivity contribution in [1.82, 2.24) is 0 Å². The first kappa shape index (κ1) is 25.1. The average molecular weight is 455 g/mol. The number of hydrogen-bond donors (Lipinski definition) is 0. The molecule has 0 radical (unpaired) electrons. The molecule has 0 aliphatic heterocycles. The summed E-state index contributed by atoms with van der Waals surface area (Å²) in [7, 11) is 4.34. The van der Waals surface area contributed by atoms with Gasteiger partial charge in [0.1, 0.15) is 11.6 Å². The van der Waals surface area contributed by atoms with Crippen LogP contribution in [-0.2, 0) is 9.53 Å². The van der Waals surface area contributed by atoms with Crippen molar-refractivity contribution in [3.63, 3.8) is 0 Å². The molecule has 0 aliphatic rings. The normalized spacial score (nSPS) is 10.6. The van der Waals surface area contributed by atoms with Crippen LogP contribution in [0.15, 0.2) is 35.9 Å². The van der Waals surface area contributed by atoms with Crippen LogP contribution in [0.3, 0.4) is 0 Å². The lowest BCUT2D eigenvalue weighted by atomic mass is 10.1. The van der Waals surface area contributed by atoms with E-state index in [4.69, 9.17) is 28.4 Å². The van der Waals surface area contributed by atoms with Gasteiger partial charge in [0.25, 0.3) is 0 Å². The topological polar surface area (TPSA) is 113 Å². The lowest BCUT2D eigenvalue weighted by Gasteiger charge is -2.15. The molecule has 2 aromatic rings. The highest BCUT2D eigenvalue weighted by Crippen LogP contribution is 2.39. The Bertz CT molecular complexity index is 1060. The summed E-state index contributed by atoms with van der Waals surface area (Å²) in [6.45, 7) is 3.87. The summed E-state index contributed by atoms with van der Waals surface area (Å²) in [6, 6.07) is 9.40. The van der Waals surface area contributed by atoms with E-state index < -0.39 is 11.9 Å². The molecule has 0 aromatic heterocycles. The molecule has 0 saturated heterocycles. The fraction of sp³-hybridized carbons (Fsp3) is 0.292. The van der Waals surface area contributed by atoms with Crippen LogP contribution in [0.4, 0.5) is 0 Å². The van der Waals surface area contributed by atoms with Gasteiger partial charge in [-0.15, -0.1) is 0 Å². The van der Waals surface area contributed by atoms with E-state index in [-0.39, 0.29) is 29.2 Å². The van der Waals surface area contributed by atoms with Crippen LogP contribution in [-0.4, -0.2) is 46.5 Å². The van der Waals surface area contributed by atoms with Gasteiger partial charge in [0.2, 0.25) is 5.75 Å². The van der Waals surface area contributed by atoms with Crippen molar-refractivity contribution in [2.45, 2.75) is 13.8 Å². The first-order valence-corrected chi connectivity index (χ1v) is 10.00. The van der Waals surface area contributed by atoms with Gasteiger partial charge in [0, 0.05) is 0 Å². The first-order chi connectivity index (χ1) is 15.9. The summed E-state index contributed by atoms with van der Waals surface area (Å²) in [4.78, 5) is 24.7. The molecule has 0 bridgehead atoms. The zero-order valence-corrected chi connectivity index (χ0v) is 19.1. The largest absolute Gasteiger partial charge is 0.493 e. The summed E-state index contributed by atoms with van der Waals surface area (Å²) >= 11 is 0. The maximum atomic E-state index is 12.8. The summed E-state index contributed by atoms with van der Waals surface area (Å²) < 4.78 is 31.8. The van der Waals surface area contributed by atoms with E-state index in [1.54, 1.807) is 26.0 Å². The Balaban J connectivity index is 2.39. The fourth-order valence-electron chi connectivity index (χ4n) is 2.84. The van der Waals surface area contributed by atoms with E-state index in [1.807, 2.05) is 6.07 Å². The summed E-state index contributed by atoms with van der Waals surface area (Å²) in [5.41, 5.74) is 0.502. The Hall–Kier alpha value is -4.19. The van der Waals surface area contributed by atoms with Gasteiger partial charge in [0.15, 0.2) is 23.0 Å². The van der Waals surface area contributed by atoms with Gasteiger partial charge >= 0.3 is 11.9 Å². The van der Waals surface area contributed by atoms with E-state index in [1.165, 1.54) is 45.6 Å². The molecule has 0 fully saturated rings. The van der Waals surface area contributed by atoms with Gasteiger partial charge in [-0.25, -0.2) is 9.59 Å². The molecule has 2 rings (SSSR count). The number of nitrogens with zero attached hydrogens (tertiary/aromatic N) is 1. The maximum absolute atomic E-state index is 12.8. The second-order valence-electron chi connectivity index (χ2n) is 6.33. The molecule has 0 N–H and O–H groups in total. The number of hydrogen-bond acceptors (Lipinski definition) is 9. The van der Waals surface area contributed by atoms with Crippen molar-refractivity contribution in [2.75, 3.05) is 34.5 Å². The molecule has 0 saturated carbocycles. The maximum Gasteiger partial charge on any atom is 0.348 e. The lowest BCUT2D eigenvalue weighted by Crippen LogP contribution is -2.11. The molecule has 2 aromatic carbocycles. The molecule has 0 aliphatic carbocycles. The van der Waals surface area contributed by atoms with E-state index in [2.05, 4.69) is 0 Å². The van der Waals surface area contributed by atoms with E-state index in [9.17, 15) is 14.9 Å². The Kier molecular flexibility index (Phi) is 9.12. The molecule has 0 heterocycles. The number of ether oxygens (including phenoxy) is 6. The van der Waals surface area contributed by atoms with E-state index in [0.29, 0.717) is 29.4 Å². The van der Waals surface area contributed by atoms with Crippen LogP contribution >= 0.6 is 0 Å². The Morgan fingerprint density at radius 1 is 0.909 bits per heavy atom. The quantitative estimate of drug-likeness (QED) is 0.228. The molecule has 0 atom stereocenters. The SMILES string of the molecule is CCOC(=O)C(C#N)=Cc1ccc(OC(=O)c2cc(OC)c(OC)c(OC)c2)c(OCC)c1. The van der Waals surface area contributed by atoms with Crippen molar-refractivity contribution >= 4 is 18.0 Å². The second-order valence-corrected chi connectivity index (χ2v) is 6.33. The van der Waals surface area contributed by atoms with Crippen LogP contribution in [0, 0.1) is 11.3 Å². The number of rotatable bonds is 10. The highest BCUT2D eigenvalue weighted by molar-refractivity contribution is 5.98. The number of methoxy groups -OCH3 is 3. The van der Waals surface area contributed by atoms with Crippen LogP contribution in [0.25, 0.3) is 6.08 Å². The fourth-order valence-corrected chi connectivity index (χ4v) is 2.84. The minimum Gasteiger partial charge on any atom is -0.493 e. The number of esters is 2. The number of carbonyl (C=O) groups is 2. The number of nitriles is 1. The average Bonchev–Trinajstić information content (AvgIpc) is 2.83. The molecule has 0 spiro atoms. The van der Waals surface area contributed by atoms with Crippen LogP contribution in [0.5, 0.6) is 28.7 Å². The smallest absolute Gasteiger partial charge is 0.348 e. The zero-order valence-electron chi connectivity index (χ0n) is 19.1. The number of benzene rings is 2. The van der Waals surface area contributed by atoms with Gasteiger partial charge in [-0.05, 0) is 49.8 Å². The van der Waals surface area contributed by atoms with Crippen molar-refractivity contribution in [2.24, 2.45) is 0 Å². The minimum absolute atomic E-state index is 0.151. The van der Waals surface area contributed by atoms with E-state index in [0.717, 1.165) is 0 Å². The molecule has 9 nitrogen and oxygen atoms in total. The highest BCUT2D eigenvalue weighted by atomic mass is 16.6. The zero-order chi connectivity index (χ0) is 24.4. The predicted molar refractivity (Wildman–Crippen MR) is 119 cm³/mol. The van der Waals surface area contributed by atoms with Crippen molar-refractivity contribution in [3.8, 4) is 34.8 Å². The third-order valence-corrected chi connectivity index (χ3v) is 4.30. The lowest BCUT2D eigenvalue weighted by molar-refractivity contribution is -0.137. The molecule has 0 unspecified atom stereocenters. The van der Waals surface area contributed by atoms with Crippen LogP contribution < -0.4 is 23.7 Å². The van der Waals surface area contributed by atoms with Gasteiger partial charge in [-0.1, -0.05) is 6.07 Å². The first-order valence-electron chi connectivity index (χ1n) is 10.00. The van der Waals surface area contributed by atoms with Crippen molar-refractivity contribution in [1.29, 1.82) is 5.26 Å². The Labute approximate surface area is 192 Å². The van der Waals surface area contributed by atoms with Gasteiger partial charge in [0.05, 0.1) is 40.1 Å². The molecule has 33 heavy (non-hydrogen) atoms. The monoisotopic (exact) mass is 455 g/mol. The van der Waals surface area contributed by atoms with Crippen molar-refractivity contribution < 1.29 is 38.0 Å². The Morgan fingerprint density at radius 3 is 2.09 bits per heavy atom. The molecule has 0 amide bonds. The van der Waals surface area contributed by atoms with Gasteiger partial charge < -0.3 is 28.4 Å². The molecular weight excluding hydrogens is 430 g/mol. The van der Waals surface area contributed by atoms with Crippen molar-refractivity contribution in [3.05, 3.63) is 47.0 Å². The molecule has 9 heteroatoms. The highest BCUT2D eigenvalue weighted by Gasteiger charge is 2.20. The second kappa shape index (κ2) is 12.0. The minimum atomic E-state index is -0.726. The molecule has 174 valence electrons. The number of carbonyl (C=O) groups excluding carboxylic acids is 2. The van der Waals surface area contributed by atoms with Crippen LogP contribution in [0.1, 0.15) is 29.8 Å². The third kappa shape index (κ3) is 6.17.